The number of para-hydroxylation sites is 1. The summed E-state index contributed by atoms with van der Waals surface area (Å²) in [6.45, 7) is 0.592. The van der Waals surface area contributed by atoms with E-state index in [2.05, 4.69) is 5.10 Å². The number of aromatic carboxylic acids is 1. The lowest BCUT2D eigenvalue weighted by atomic mass is 9.93. The van der Waals surface area contributed by atoms with Gasteiger partial charge in [0.15, 0.2) is 17.4 Å². The second kappa shape index (κ2) is 10.4. The first-order chi connectivity index (χ1) is 19.4. The maximum absolute atomic E-state index is 13.8. The standard InChI is InChI=1S/C30H25F2N3O5/c31-24-7-3-8-25(32)28(24)39-10-11-40-30(38)35-17-20-13-23(20)27-22(6-2-9-26(27)35)21-14-33-34(16-21)15-18-4-1-5-19(12-18)29(36)37/h1-9,12,14,16,20,23H,10-11,13,15,17H2,(H,36,37). The van der Waals surface area contributed by atoms with E-state index in [4.69, 9.17) is 9.47 Å². The summed E-state index contributed by atoms with van der Waals surface area (Å²) in [5.74, 6) is -2.46. The van der Waals surface area contributed by atoms with E-state index < -0.39 is 29.4 Å². The highest BCUT2D eigenvalue weighted by atomic mass is 19.1. The number of halogens is 2. The summed E-state index contributed by atoms with van der Waals surface area (Å²) >= 11 is 0. The van der Waals surface area contributed by atoms with Gasteiger partial charge in [-0.15, -0.1) is 0 Å². The molecule has 204 valence electrons. The lowest BCUT2D eigenvalue weighted by Crippen LogP contribution is -2.37. The number of nitrogens with zero attached hydrogens (tertiary/aromatic N) is 3. The van der Waals surface area contributed by atoms with Crippen molar-refractivity contribution in [2.75, 3.05) is 24.7 Å². The molecule has 2 atom stereocenters. The summed E-state index contributed by atoms with van der Waals surface area (Å²) in [7, 11) is 0. The van der Waals surface area contributed by atoms with Crippen molar-refractivity contribution in [3.63, 3.8) is 0 Å². The number of hydrogen-bond donors (Lipinski definition) is 1. The quantitative estimate of drug-likeness (QED) is 0.285. The van der Waals surface area contributed by atoms with E-state index >= 15 is 0 Å². The molecule has 1 aromatic heterocycles. The molecular formula is C30H25F2N3O5. The minimum Gasteiger partial charge on any atom is -0.484 e. The van der Waals surface area contributed by atoms with Crippen molar-refractivity contribution in [2.45, 2.75) is 18.9 Å². The number of anilines is 1. The van der Waals surface area contributed by atoms with Gasteiger partial charge in [-0.2, -0.15) is 5.10 Å². The van der Waals surface area contributed by atoms with E-state index in [1.54, 1.807) is 34.0 Å². The van der Waals surface area contributed by atoms with Crippen LogP contribution in [0.4, 0.5) is 19.3 Å². The Morgan fingerprint density at radius 1 is 1.02 bits per heavy atom. The Balaban J connectivity index is 1.16. The van der Waals surface area contributed by atoms with Gasteiger partial charge in [0.05, 0.1) is 24.0 Å². The molecule has 40 heavy (non-hydrogen) atoms. The molecule has 0 spiro atoms. The van der Waals surface area contributed by atoms with Gasteiger partial charge >= 0.3 is 12.1 Å². The number of rotatable bonds is 8. The first-order valence-corrected chi connectivity index (χ1v) is 12.9. The van der Waals surface area contributed by atoms with Gasteiger partial charge in [0.1, 0.15) is 13.2 Å². The largest absolute Gasteiger partial charge is 0.484 e. The lowest BCUT2D eigenvalue weighted by Gasteiger charge is -2.29. The Bertz CT molecular complexity index is 1580. The SMILES string of the molecule is O=C(O)c1cccc(Cn2cc(-c3cccc4c3C3CC3CN4C(=O)OCCOc3c(F)cccc3F)cn2)c1. The summed E-state index contributed by atoms with van der Waals surface area (Å²) < 4.78 is 39.9. The number of ether oxygens (including phenoxy) is 2. The van der Waals surface area contributed by atoms with Crippen LogP contribution in [0.2, 0.25) is 0 Å². The van der Waals surface area contributed by atoms with Crippen molar-refractivity contribution in [1.29, 1.82) is 0 Å². The predicted molar refractivity (Wildman–Crippen MR) is 142 cm³/mol. The van der Waals surface area contributed by atoms with Crippen LogP contribution in [-0.2, 0) is 11.3 Å². The van der Waals surface area contributed by atoms with Crippen molar-refractivity contribution in [3.8, 4) is 16.9 Å². The molecule has 1 amide bonds. The van der Waals surface area contributed by atoms with Gasteiger partial charge in [-0.1, -0.05) is 30.3 Å². The first kappa shape index (κ1) is 25.5. The van der Waals surface area contributed by atoms with Gasteiger partial charge in [0.25, 0.3) is 0 Å². The molecule has 4 aromatic rings. The number of carbonyl (C=O) groups is 2. The molecule has 1 aliphatic heterocycles. The van der Waals surface area contributed by atoms with E-state index in [0.29, 0.717) is 24.9 Å². The Morgan fingerprint density at radius 3 is 2.60 bits per heavy atom. The summed E-state index contributed by atoms with van der Waals surface area (Å²) in [6.07, 6.45) is 4.09. The molecule has 10 heteroatoms. The van der Waals surface area contributed by atoms with Crippen LogP contribution in [0.3, 0.4) is 0 Å². The molecule has 2 heterocycles. The lowest BCUT2D eigenvalue weighted by molar-refractivity contribution is 0.0696. The van der Waals surface area contributed by atoms with Gasteiger partial charge in [0.2, 0.25) is 0 Å². The van der Waals surface area contributed by atoms with Crippen molar-refractivity contribution < 1.29 is 33.0 Å². The van der Waals surface area contributed by atoms with Gasteiger partial charge in [-0.3, -0.25) is 9.58 Å². The van der Waals surface area contributed by atoms with Crippen LogP contribution in [0.1, 0.15) is 33.8 Å². The molecule has 0 bridgehead atoms. The number of amides is 1. The molecule has 2 aliphatic rings. The Kier molecular flexibility index (Phi) is 6.67. The minimum atomic E-state index is -0.979. The number of fused-ring (bicyclic) bond motifs is 3. The van der Waals surface area contributed by atoms with Gasteiger partial charge in [0, 0.05) is 18.3 Å². The van der Waals surface area contributed by atoms with Crippen LogP contribution in [-0.4, -0.2) is 46.7 Å². The maximum Gasteiger partial charge on any atom is 0.414 e. The molecule has 0 radical (unpaired) electrons. The smallest absolute Gasteiger partial charge is 0.414 e. The van der Waals surface area contributed by atoms with E-state index in [0.717, 1.165) is 46.5 Å². The molecule has 3 aromatic carbocycles. The third-order valence-corrected chi connectivity index (χ3v) is 7.24. The van der Waals surface area contributed by atoms with Crippen LogP contribution < -0.4 is 9.64 Å². The third kappa shape index (κ3) is 5.00. The number of carboxylic acids is 1. The highest BCUT2D eigenvalue weighted by Crippen LogP contribution is 2.57. The summed E-state index contributed by atoms with van der Waals surface area (Å²) in [4.78, 5) is 26.0. The average molecular weight is 546 g/mol. The van der Waals surface area contributed by atoms with Crippen molar-refractivity contribution in [1.82, 2.24) is 9.78 Å². The van der Waals surface area contributed by atoms with Crippen molar-refractivity contribution in [3.05, 3.63) is 101 Å². The summed E-state index contributed by atoms with van der Waals surface area (Å²) in [5.41, 5.74) is 4.75. The number of benzene rings is 3. The van der Waals surface area contributed by atoms with Gasteiger partial charge < -0.3 is 14.6 Å². The number of carboxylic acid groups (broad SMARTS) is 1. The van der Waals surface area contributed by atoms with Crippen LogP contribution in [0.25, 0.3) is 11.1 Å². The maximum atomic E-state index is 13.8. The molecule has 8 nitrogen and oxygen atoms in total. The van der Waals surface area contributed by atoms with Gasteiger partial charge in [-0.25, -0.2) is 18.4 Å². The second-order valence-corrected chi connectivity index (χ2v) is 9.90. The van der Waals surface area contributed by atoms with Crippen molar-refractivity contribution in [2.24, 2.45) is 5.92 Å². The van der Waals surface area contributed by atoms with Crippen LogP contribution in [0, 0.1) is 17.6 Å². The zero-order chi connectivity index (χ0) is 27.8. The Labute approximate surface area is 228 Å². The second-order valence-electron chi connectivity index (χ2n) is 9.90. The Morgan fingerprint density at radius 2 is 1.80 bits per heavy atom. The van der Waals surface area contributed by atoms with Crippen molar-refractivity contribution >= 4 is 17.7 Å². The average Bonchev–Trinajstić information content (AvgIpc) is 3.60. The zero-order valence-electron chi connectivity index (χ0n) is 21.3. The highest BCUT2D eigenvalue weighted by Gasteiger charge is 2.48. The fourth-order valence-electron chi connectivity index (χ4n) is 5.29. The molecule has 1 aliphatic carbocycles. The highest BCUT2D eigenvalue weighted by molar-refractivity contribution is 5.92. The zero-order valence-corrected chi connectivity index (χ0v) is 21.3. The first-order valence-electron chi connectivity index (χ1n) is 12.9. The molecule has 2 unspecified atom stereocenters. The predicted octanol–water partition coefficient (Wildman–Crippen LogP) is 5.71. The van der Waals surface area contributed by atoms with E-state index in [1.807, 2.05) is 30.5 Å². The molecule has 1 fully saturated rings. The summed E-state index contributed by atoms with van der Waals surface area (Å²) in [5, 5.41) is 13.8. The molecule has 6 rings (SSSR count). The number of carbonyl (C=O) groups excluding carboxylic acids is 1. The molecule has 0 saturated heterocycles. The fraction of sp³-hybridized carbons (Fsp3) is 0.233. The van der Waals surface area contributed by atoms with Crippen LogP contribution in [0.15, 0.2) is 73.1 Å². The van der Waals surface area contributed by atoms with Crippen LogP contribution in [0.5, 0.6) is 5.75 Å². The Hall–Kier alpha value is -4.73. The third-order valence-electron chi connectivity index (χ3n) is 7.24. The molecule has 1 N–H and O–H groups in total. The normalized spacial score (nSPS) is 17.1. The molecule has 1 saturated carbocycles. The minimum absolute atomic E-state index is 0.165. The fourth-order valence-corrected chi connectivity index (χ4v) is 5.29. The summed E-state index contributed by atoms with van der Waals surface area (Å²) in [6, 6.07) is 16.0. The molecular weight excluding hydrogens is 520 g/mol. The number of aromatic nitrogens is 2. The van der Waals surface area contributed by atoms with E-state index in [1.165, 1.54) is 6.07 Å². The van der Waals surface area contributed by atoms with E-state index in [-0.39, 0.29) is 18.8 Å². The van der Waals surface area contributed by atoms with E-state index in [9.17, 15) is 23.5 Å². The number of hydrogen-bond acceptors (Lipinski definition) is 5. The van der Waals surface area contributed by atoms with Gasteiger partial charge in [-0.05, 0) is 65.3 Å². The topological polar surface area (TPSA) is 93.9 Å². The van der Waals surface area contributed by atoms with Crippen LogP contribution >= 0.6 is 0 Å². The monoisotopic (exact) mass is 545 g/mol.